The van der Waals surface area contributed by atoms with Crippen LogP contribution in [0.1, 0.15) is 11.8 Å². The van der Waals surface area contributed by atoms with Crippen LogP contribution in [0.5, 0.6) is 0 Å². The molecule has 2 nitrogen and oxygen atoms in total. The zero-order valence-corrected chi connectivity index (χ0v) is 8.42. The van der Waals surface area contributed by atoms with Crippen molar-refractivity contribution < 1.29 is 13.5 Å². The SMILES string of the molecule is COC(c1ccc(F)cc1F)N(C)C. The molecular formula is C10H13F2NO. The maximum Gasteiger partial charge on any atom is 0.138 e. The summed E-state index contributed by atoms with van der Waals surface area (Å²) < 4.78 is 31.0. The average Bonchev–Trinajstić information content (AvgIpc) is 2.09. The second kappa shape index (κ2) is 4.48. The zero-order chi connectivity index (χ0) is 10.7. The van der Waals surface area contributed by atoms with Crippen LogP contribution in [0.3, 0.4) is 0 Å². The number of nitrogens with zero attached hydrogens (tertiary/aromatic N) is 1. The Hall–Kier alpha value is -1.00. The Balaban J connectivity index is 3.04. The summed E-state index contributed by atoms with van der Waals surface area (Å²) >= 11 is 0. The topological polar surface area (TPSA) is 12.5 Å². The summed E-state index contributed by atoms with van der Waals surface area (Å²) in [5.41, 5.74) is 0.332. The molecule has 0 saturated heterocycles. The van der Waals surface area contributed by atoms with Crippen LogP contribution in [-0.2, 0) is 4.74 Å². The molecule has 1 aromatic rings. The fourth-order valence-corrected chi connectivity index (χ4v) is 1.32. The molecule has 1 unspecified atom stereocenters. The van der Waals surface area contributed by atoms with E-state index in [2.05, 4.69) is 0 Å². The second-order valence-electron chi connectivity index (χ2n) is 3.22. The number of methoxy groups -OCH3 is 1. The van der Waals surface area contributed by atoms with Crippen LogP contribution in [0.15, 0.2) is 18.2 Å². The molecule has 78 valence electrons. The van der Waals surface area contributed by atoms with Gasteiger partial charge in [-0.3, -0.25) is 4.90 Å². The van der Waals surface area contributed by atoms with E-state index in [0.29, 0.717) is 5.56 Å². The lowest BCUT2D eigenvalue weighted by atomic mass is 10.1. The van der Waals surface area contributed by atoms with Gasteiger partial charge in [0.1, 0.15) is 17.9 Å². The first-order valence-electron chi connectivity index (χ1n) is 4.20. The predicted molar refractivity (Wildman–Crippen MR) is 49.8 cm³/mol. The third-order valence-electron chi connectivity index (χ3n) is 1.92. The van der Waals surface area contributed by atoms with Gasteiger partial charge in [0, 0.05) is 18.7 Å². The van der Waals surface area contributed by atoms with Crippen LogP contribution in [0.25, 0.3) is 0 Å². The van der Waals surface area contributed by atoms with Crippen molar-refractivity contribution in [1.82, 2.24) is 4.90 Å². The van der Waals surface area contributed by atoms with Crippen molar-refractivity contribution >= 4 is 0 Å². The average molecular weight is 201 g/mol. The molecule has 1 rings (SSSR count). The molecule has 0 aliphatic heterocycles. The summed E-state index contributed by atoms with van der Waals surface area (Å²) in [6, 6.07) is 3.46. The van der Waals surface area contributed by atoms with Crippen LogP contribution >= 0.6 is 0 Å². The molecule has 0 aliphatic carbocycles. The summed E-state index contributed by atoms with van der Waals surface area (Å²) in [5, 5.41) is 0. The molecule has 0 amide bonds. The van der Waals surface area contributed by atoms with Crippen LogP contribution in [0.2, 0.25) is 0 Å². The van der Waals surface area contributed by atoms with E-state index < -0.39 is 17.9 Å². The van der Waals surface area contributed by atoms with Gasteiger partial charge in [-0.25, -0.2) is 8.78 Å². The van der Waals surface area contributed by atoms with E-state index in [1.54, 1.807) is 19.0 Å². The molecule has 0 bridgehead atoms. The summed E-state index contributed by atoms with van der Waals surface area (Å²) in [6.07, 6.45) is -0.490. The van der Waals surface area contributed by atoms with Gasteiger partial charge in [-0.15, -0.1) is 0 Å². The highest BCUT2D eigenvalue weighted by atomic mass is 19.1. The number of ether oxygens (including phenoxy) is 1. The molecule has 0 fully saturated rings. The highest BCUT2D eigenvalue weighted by molar-refractivity contribution is 5.20. The zero-order valence-electron chi connectivity index (χ0n) is 8.42. The van der Waals surface area contributed by atoms with Crippen LogP contribution in [0, 0.1) is 11.6 Å². The number of hydrogen-bond donors (Lipinski definition) is 0. The van der Waals surface area contributed by atoms with E-state index in [4.69, 9.17) is 4.74 Å². The van der Waals surface area contributed by atoms with Gasteiger partial charge in [0.2, 0.25) is 0 Å². The standard InChI is InChI=1S/C10H13F2NO/c1-13(2)10(14-3)8-5-4-7(11)6-9(8)12/h4-6,10H,1-3H3. The minimum atomic E-state index is -0.592. The molecule has 1 aromatic carbocycles. The van der Waals surface area contributed by atoms with Crippen molar-refractivity contribution in [3.8, 4) is 0 Å². The Labute approximate surface area is 82.1 Å². The lowest BCUT2D eigenvalue weighted by Crippen LogP contribution is -2.22. The van der Waals surface area contributed by atoms with Crippen molar-refractivity contribution in [2.45, 2.75) is 6.23 Å². The van der Waals surface area contributed by atoms with Gasteiger partial charge in [0.15, 0.2) is 0 Å². The van der Waals surface area contributed by atoms with Crippen molar-refractivity contribution in [2.75, 3.05) is 21.2 Å². The molecule has 4 heteroatoms. The van der Waals surface area contributed by atoms with Crippen LogP contribution < -0.4 is 0 Å². The minimum Gasteiger partial charge on any atom is -0.362 e. The molecule has 0 radical (unpaired) electrons. The highest BCUT2D eigenvalue weighted by Gasteiger charge is 2.17. The Kier molecular flexibility index (Phi) is 3.55. The van der Waals surface area contributed by atoms with Gasteiger partial charge >= 0.3 is 0 Å². The lowest BCUT2D eigenvalue weighted by Gasteiger charge is -2.23. The third kappa shape index (κ3) is 2.27. The van der Waals surface area contributed by atoms with Crippen molar-refractivity contribution in [3.05, 3.63) is 35.4 Å². The molecule has 1 atom stereocenters. The fourth-order valence-electron chi connectivity index (χ4n) is 1.32. The Morgan fingerprint density at radius 3 is 2.36 bits per heavy atom. The Morgan fingerprint density at radius 1 is 1.29 bits per heavy atom. The number of rotatable bonds is 3. The van der Waals surface area contributed by atoms with E-state index in [9.17, 15) is 8.78 Å². The van der Waals surface area contributed by atoms with Gasteiger partial charge in [-0.1, -0.05) is 0 Å². The fraction of sp³-hybridized carbons (Fsp3) is 0.400. The maximum absolute atomic E-state index is 13.3. The largest absolute Gasteiger partial charge is 0.362 e. The molecule has 0 aromatic heterocycles. The smallest absolute Gasteiger partial charge is 0.138 e. The number of hydrogen-bond acceptors (Lipinski definition) is 2. The quantitative estimate of drug-likeness (QED) is 0.695. The number of benzene rings is 1. The van der Waals surface area contributed by atoms with Gasteiger partial charge in [-0.05, 0) is 26.2 Å². The van der Waals surface area contributed by atoms with Gasteiger partial charge in [0.05, 0.1) is 0 Å². The summed E-state index contributed by atoms with van der Waals surface area (Å²) in [5.74, 6) is -1.18. The van der Waals surface area contributed by atoms with E-state index in [-0.39, 0.29) is 0 Å². The van der Waals surface area contributed by atoms with Crippen molar-refractivity contribution in [1.29, 1.82) is 0 Å². The minimum absolute atomic E-state index is 0.332. The second-order valence-corrected chi connectivity index (χ2v) is 3.22. The first kappa shape index (κ1) is 11.1. The van der Waals surface area contributed by atoms with Gasteiger partial charge in [-0.2, -0.15) is 0 Å². The monoisotopic (exact) mass is 201 g/mol. The predicted octanol–water partition coefficient (Wildman–Crippen LogP) is 2.17. The Morgan fingerprint density at radius 2 is 1.93 bits per heavy atom. The van der Waals surface area contributed by atoms with E-state index in [0.717, 1.165) is 6.07 Å². The van der Waals surface area contributed by atoms with Gasteiger partial charge < -0.3 is 4.74 Å². The number of halogens is 2. The molecule has 0 N–H and O–H groups in total. The van der Waals surface area contributed by atoms with Gasteiger partial charge in [0.25, 0.3) is 0 Å². The molecule has 0 spiro atoms. The van der Waals surface area contributed by atoms with Crippen LogP contribution in [0.4, 0.5) is 8.78 Å². The summed E-state index contributed by atoms with van der Waals surface area (Å²) in [4.78, 5) is 1.70. The first-order valence-corrected chi connectivity index (χ1v) is 4.20. The van der Waals surface area contributed by atoms with E-state index in [1.807, 2.05) is 0 Å². The summed E-state index contributed by atoms with van der Waals surface area (Å²) in [6.45, 7) is 0. The molecule has 0 heterocycles. The Bertz CT molecular complexity index is 315. The molecular weight excluding hydrogens is 188 g/mol. The van der Waals surface area contributed by atoms with E-state index >= 15 is 0 Å². The van der Waals surface area contributed by atoms with Crippen LogP contribution in [-0.4, -0.2) is 26.1 Å². The highest BCUT2D eigenvalue weighted by Crippen LogP contribution is 2.22. The first-order chi connectivity index (χ1) is 6.56. The normalized spacial score (nSPS) is 13.3. The molecule has 0 aliphatic rings. The summed E-state index contributed by atoms with van der Waals surface area (Å²) in [7, 11) is 5.00. The van der Waals surface area contributed by atoms with Crippen molar-refractivity contribution in [3.63, 3.8) is 0 Å². The maximum atomic E-state index is 13.3. The third-order valence-corrected chi connectivity index (χ3v) is 1.92. The van der Waals surface area contributed by atoms with Crippen molar-refractivity contribution in [2.24, 2.45) is 0 Å². The molecule has 14 heavy (non-hydrogen) atoms. The lowest BCUT2D eigenvalue weighted by molar-refractivity contribution is -0.00793. The van der Waals surface area contributed by atoms with E-state index in [1.165, 1.54) is 19.2 Å². The molecule has 0 saturated carbocycles.